The number of halogens is 1. The fourth-order valence-electron chi connectivity index (χ4n) is 0.780. The first-order valence-electron chi connectivity index (χ1n) is 3.06. The van der Waals surface area contributed by atoms with Crippen molar-refractivity contribution in [1.29, 1.82) is 0 Å². The summed E-state index contributed by atoms with van der Waals surface area (Å²) in [4.78, 5) is 10.7. The molecule has 0 saturated carbocycles. The van der Waals surface area contributed by atoms with Gasteiger partial charge in [-0.1, -0.05) is 0 Å². The maximum Gasteiger partial charge on any atom is 0.252 e. The van der Waals surface area contributed by atoms with Crippen molar-refractivity contribution in [2.75, 3.05) is 7.11 Å². The summed E-state index contributed by atoms with van der Waals surface area (Å²) in [5.41, 5.74) is 6.03. The topological polar surface area (TPSA) is 81.0 Å². The number of rotatable bonds is 3. The van der Waals surface area contributed by atoms with Crippen LogP contribution in [0.5, 0.6) is 0 Å². The lowest BCUT2D eigenvalue weighted by atomic mass is 10.2. The summed E-state index contributed by atoms with van der Waals surface area (Å²) < 4.78 is 4.80. The van der Waals surface area contributed by atoms with E-state index in [1.54, 1.807) is 0 Å². The molecule has 0 atom stereocenters. The number of nitrogens with zero attached hydrogens (tertiary/aromatic N) is 1. The lowest BCUT2D eigenvalue weighted by molar-refractivity contribution is 0.0995. The van der Waals surface area contributed by atoms with Gasteiger partial charge in [-0.25, -0.2) is 0 Å². The monoisotopic (exact) mass is 191 g/mol. The van der Waals surface area contributed by atoms with Crippen LogP contribution in [0.15, 0.2) is 6.20 Å². The number of nitrogens with one attached hydrogen (secondary N) is 1. The van der Waals surface area contributed by atoms with Crippen LogP contribution in [0.1, 0.15) is 16.1 Å². The minimum absolute atomic E-state index is 0. The number of aromatic nitrogens is 2. The predicted molar refractivity (Wildman–Crippen MR) is 45.1 cm³/mol. The Kier molecular flexibility index (Phi) is 4.31. The van der Waals surface area contributed by atoms with Crippen LogP contribution in [0.25, 0.3) is 0 Å². The van der Waals surface area contributed by atoms with E-state index in [1.165, 1.54) is 13.3 Å². The van der Waals surface area contributed by atoms with Crippen LogP contribution < -0.4 is 5.73 Å². The first kappa shape index (κ1) is 10.9. The number of nitrogens with two attached hydrogens (primary N) is 1. The largest absolute Gasteiger partial charge is 0.378 e. The highest BCUT2D eigenvalue weighted by Gasteiger charge is 2.08. The lowest BCUT2D eigenvalue weighted by Crippen LogP contribution is -2.12. The SMILES string of the molecule is COCc1[nH]ncc1C(N)=O.Cl. The summed E-state index contributed by atoms with van der Waals surface area (Å²) >= 11 is 0. The van der Waals surface area contributed by atoms with E-state index in [9.17, 15) is 4.79 Å². The quantitative estimate of drug-likeness (QED) is 0.710. The van der Waals surface area contributed by atoms with Gasteiger partial charge in [0.2, 0.25) is 0 Å². The summed E-state index contributed by atoms with van der Waals surface area (Å²) in [6.07, 6.45) is 1.39. The van der Waals surface area contributed by atoms with Gasteiger partial charge in [-0.05, 0) is 0 Å². The molecular weight excluding hydrogens is 182 g/mol. The molecule has 0 fully saturated rings. The molecule has 12 heavy (non-hydrogen) atoms. The number of hydrogen-bond acceptors (Lipinski definition) is 3. The Morgan fingerprint density at radius 2 is 2.50 bits per heavy atom. The lowest BCUT2D eigenvalue weighted by Gasteiger charge is -1.95. The molecule has 3 N–H and O–H groups in total. The minimum atomic E-state index is -0.495. The molecule has 0 aliphatic heterocycles. The van der Waals surface area contributed by atoms with Gasteiger partial charge in [0.15, 0.2) is 0 Å². The number of amides is 1. The van der Waals surface area contributed by atoms with Gasteiger partial charge in [0, 0.05) is 7.11 Å². The molecule has 68 valence electrons. The zero-order valence-electron chi connectivity index (χ0n) is 6.53. The maximum absolute atomic E-state index is 10.7. The van der Waals surface area contributed by atoms with Gasteiger partial charge in [0.05, 0.1) is 24.1 Å². The summed E-state index contributed by atoms with van der Waals surface area (Å²) in [6.45, 7) is 0.318. The van der Waals surface area contributed by atoms with Gasteiger partial charge in [0.25, 0.3) is 5.91 Å². The molecule has 1 heterocycles. The maximum atomic E-state index is 10.7. The van der Waals surface area contributed by atoms with Crippen molar-refractivity contribution in [2.24, 2.45) is 5.73 Å². The number of carbonyl (C=O) groups is 1. The number of hydrogen-bond donors (Lipinski definition) is 2. The molecule has 0 bridgehead atoms. The van der Waals surface area contributed by atoms with Gasteiger partial charge >= 0.3 is 0 Å². The van der Waals surface area contributed by atoms with Crippen molar-refractivity contribution in [3.8, 4) is 0 Å². The highest BCUT2D eigenvalue weighted by Crippen LogP contribution is 2.03. The third-order valence-electron chi connectivity index (χ3n) is 1.27. The molecule has 6 heteroatoms. The van der Waals surface area contributed by atoms with Gasteiger partial charge in [-0.2, -0.15) is 5.10 Å². The first-order chi connectivity index (χ1) is 5.25. The van der Waals surface area contributed by atoms with E-state index in [4.69, 9.17) is 10.5 Å². The van der Waals surface area contributed by atoms with Crippen LogP contribution in [0.2, 0.25) is 0 Å². The van der Waals surface area contributed by atoms with E-state index >= 15 is 0 Å². The Bertz CT molecular complexity index is 261. The van der Waals surface area contributed by atoms with Crippen LogP contribution in [-0.2, 0) is 11.3 Å². The number of H-pyrrole nitrogens is 1. The van der Waals surface area contributed by atoms with Crippen molar-refractivity contribution >= 4 is 18.3 Å². The van der Waals surface area contributed by atoms with Gasteiger partial charge in [-0.15, -0.1) is 12.4 Å². The van der Waals surface area contributed by atoms with Crippen molar-refractivity contribution in [1.82, 2.24) is 10.2 Å². The highest BCUT2D eigenvalue weighted by molar-refractivity contribution is 5.93. The van der Waals surface area contributed by atoms with Crippen molar-refractivity contribution in [2.45, 2.75) is 6.61 Å². The van der Waals surface area contributed by atoms with E-state index in [0.717, 1.165) is 0 Å². The van der Waals surface area contributed by atoms with Crippen molar-refractivity contribution in [3.63, 3.8) is 0 Å². The van der Waals surface area contributed by atoms with Crippen LogP contribution in [0.4, 0.5) is 0 Å². The summed E-state index contributed by atoms with van der Waals surface area (Å²) in [5, 5.41) is 6.27. The Balaban J connectivity index is 0.00000121. The molecule has 1 aromatic rings. The van der Waals surface area contributed by atoms with Gasteiger partial charge < -0.3 is 10.5 Å². The fraction of sp³-hybridized carbons (Fsp3) is 0.333. The molecule has 0 saturated heterocycles. The van der Waals surface area contributed by atoms with Crippen molar-refractivity contribution < 1.29 is 9.53 Å². The van der Waals surface area contributed by atoms with Crippen LogP contribution in [0.3, 0.4) is 0 Å². The van der Waals surface area contributed by atoms with Crippen LogP contribution in [-0.4, -0.2) is 23.2 Å². The zero-order chi connectivity index (χ0) is 8.27. The van der Waals surface area contributed by atoms with Gasteiger partial charge in [0.1, 0.15) is 0 Å². The van der Waals surface area contributed by atoms with Crippen LogP contribution in [0, 0.1) is 0 Å². The average Bonchev–Trinajstić information content (AvgIpc) is 2.36. The number of primary amides is 1. The average molecular weight is 192 g/mol. The van der Waals surface area contributed by atoms with E-state index in [2.05, 4.69) is 10.2 Å². The number of methoxy groups -OCH3 is 1. The Labute approximate surface area is 75.7 Å². The smallest absolute Gasteiger partial charge is 0.252 e. The first-order valence-corrected chi connectivity index (χ1v) is 3.06. The molecule has 0 spiro atoms. The summed E-state index contributed by atoms with van der Waals surface area (Å²) in [5.74, 6) is -0.495. The third kappa shape index (κ3) is 2.21. The zero-order valence-corrected chi connectivity index (χ0v) is 7.35. The summed E-state index contributed by atoms with van der Waals surface area (Å²) in [7, 11) is 1.53. The van der Waals surface area contributed by atoms with Crippen molar-refractivity contribution in [3.05, 3.63) is 17.5 Å². The molecule has 0 aliphatic carbocycles. The number of aromatic amines is 1. The second-order valence-electron chi connectivity index (χ2n) is 2.06. The molecule has 0 unspecified atom stereocenters. The second-order valence-corrected chi connectivity index (χ2v) is 2.06. The minimum Gasteiger partial charge on any atom is -0.378 e. The Hall–Kier alpha value is -1.07. The molecule has 5 nitrogen and oxygen atoms in total. The van der Waals surface area contributed by atoms with Gasteiger partial charge in [-0.3, -0.25) is 9.89 Å². The molecule has 1 rings (SSSR count). The van der Waals surface area contributed by atoms with E-state index in [1.807, 2.05) is 0 Å². The number of carbonyl (C=O) groups excluding carboxylic acids is 1. The molecule has 0 aromatic carbocycles. The van der Waals surface area contributed by atoms with E-state index in [-0.39, 0.29) is 12.4 Å². The Morgan fingerprint density at radius 1 is 1.83 bits per heavy atom. The molecule has 1 aromatic heterocycles. The third-order valence-corrected chi connectivity index (χ3v) is 1.27. The Morgan fingerprint density at radius 3 is 3.00 bits per heavy atom. The van der Waals surface area contributed by atoms with E-state index < -0.39 is 5.91 Å². The van der Waals surface area contributed by atoms with E-state index in [0.29, 0.717) is 17.9 Å². The highest BCUT2D eigenvalue weighted by atomic mass is 35.5. The number of ether oxygens (including phenoxy) is 1. The normalized spacial score (nSPS) is 9.08. The molecular formula is C6H10ClN3O2. The summed E-state index contributed by atoms with van der Waals surface area (Å²) in [6, 6.07) is 0. The standard InChI is InChI=1S/C6H9N3O2.ClH/c1-11-3-5-4(6(7)10)2-8-9-5;/h2H,3H2,1H3,(H2,7,10)(H,8,9);1H. The fourth-order valence-corrected chi connectivity index (χ4v) is 0.780. The molecule has 0 radical (unpaired) electrons. The molecule has 0 aliphatic rings. The second kappa shape index (κ2) is 4.74. The predicted octanol–water partition coefficient (Wildman–Crippen LogP) is 0.0768. The molecule has 1 amide bonds. The van der Waals surface area contributed by atoms with Crippen LogP contribution >= 0.6 is 12.4 Å².